The lowest BCUT2D eigenvalue weighted by Gasteiger charge is -2.22. The highest BCUT2D eigenvalue weighted by Gasteiger charge is 2.28. The van der Waals surface area contributed by atoms with Crippen molar-refractivity contribution >= 4 is 17.7 Å². The first kappa shape index (κ1) is 14.3. The van der Waals surface area contributed by atoms with E-state index in [1.54, 1.807) is 12.3 Å². The Hall–Kier alpha value is -1.07. The van der Waals surface area contributed by atoms with Crippen molar-refractivity contribution in [1.82, 2.24) is 10.3 Å². The average Bonchev–Trinajstić information content (AvgIpc) is 2.86. The molecule has 1 atom stereocenters. The predicted octanol–water partition coefficient (Wildman–Crippen LogP) is 2.24. The van der Waals surface area contributed by atoms with E-state index in [-0.39, 0.29) is 5.97 Å². The van der Waals surface area contributed by atoms with Crippen LogP contribution in [0.15, 0.2) is 18.3 Å². The summed E-state index contributed by atoms with van der Waals surface area (Å²) < 4.78 is 5.01. The Labute approximate surface area is 118 Å². The van der Waals surface area contributed by atoms with Crippen LogP contribution >= 0.6 is 11.8 Å². The Morgan fingerprint density at radius 3 is 3.00 bits per heavy atom. The second-order valence-electron chi connectivity index (χ2n) is 5.04. The lowest BCUT2D eigenvalue weighted by Crippen LogP contribution is -2.32. The van der Waals surface area contributed by atoms with Crippen molar-refractivity contribution in [2.45, 2.75) is 31.1 Å². The third kappa shape index (κ3) is 3.94. The molecule has 0 radical (unpaired) electrons. The summed E-state index contributed by atoms with van der Waals surface area (Å²) in [4.78, 5) is 15.5. The van der Waals surface area contributed by atoms with E-state index in [0.717, 1.165) is 18.8 Å². The Morgan fingerprint density at radius 1 is 1.58 bits per heavy atom. The van der Waals surface area contributed by atoms with Gasteiger partial charge in [0.15, 0.2) is 0 Å². The smallest absolute Gasteiger partial charge is 0.339 e. The number of nitrogens with zero attached hydrogens (tertiary/aromatic N) is 1. The van der Waals surface area contributed by atoms with E-state index in [9.17, 15) is 4.79 Å². The van der Waals surface area contributed by atoms with E-state index in [1.165, 1.54) is 25.7 Å². The zero-order chi connectivity index (χ0) is 13.7. The molecule has 1 N–H and O–H groups in total. The topological polar surface area (TPSA) is 51.2 Å². The molecule has 1 aromatic rings. The fourth-order valence-corrected chi connectivity index (χ4v) is 3.47. The van der Waals surface area contributed by atoms with Crippen molar-refractivity contribution in [1.29, 1.82) is 0 Å². The molecule has 1 aromatic heterocycles. The van der Waals surface area contributed by atoms with Crippen molar-refractivity contribution < 1.29 is 9.53 Å². The highest BCUT2D eigenvalue weighted by atomic mass is 32.2. The highest BCUT2D eigenvalue weighted by molar-refractivity contribution is 8.00. The van der Waals surface area contributed by atoms with Crippen LogP contribution < -0.4 is 5.32 Å². The minimum Gasteiger partial charge on any atom is -0.465 e. The molecule has 0 saturated carbocycles. The quantitative estimate of drug-likeness (QED) is 0.838. The predicted molar refractivity (Wildman–Crippen MR) is 77.4 cm³/mol. The van der Waals surface area contributed by atoms with Crippen molar-refractivity contribution in [3.05, 3.63) is 29.6 Å². The Balaban J connectivity index is 1.81. The molecule has 1 aliphatic rings. The number of esters is 1. The number of methoxy groups -OCH3 is 1. The lowest BCUT2D eigenvalue weighted by atomic mass is 10.1. The number of thioether (sulfide) groups is 1. The molecule has 5 heteroatoms. The van der Waals surface area contributed by atoms with Gasteiger partial charge in [-0.3, -0.25) is 4.98 Å². The number of hydrogen-bond acceptors (Lipinski definition) is 5. The summed E-state index contributed by atoms with van der Waals surface area (Å²) in [7, 11) is 1.37. The number of rotatable bonds is 5. The zero-order valence-electron chi connectivity index (χ0n) is 11.4. The average molecular weight is 280 g/mol. The van der Waals surface area contributed by atoms with Crippen molar-refractivity contribution in [3.8, 4) is 0 Å². The number of carbonyl (C=O) groups excluding carboxylic acids is 1. The largest absolute Gasteiger partial charge is 0.465 e. The summed E-state index contributed by atoms with van der Waals surface area (Å²) in [5, 5.41) is 3.45. The first-order valence-corrected chi connectivity index (χ1v) is 7.49. The summed E-state index contributed by atoms with van der Waals surface area (Å²) in [6, 6.07) is 3.62. The fourth-order valence-electron chi connectivity index (χ4n) is 2.20. The van der Waals surface area contributed by atoms with Crippen LogP contribution in [0.5, 0.6) is 0 Å². The third-order valence-electron chi connectivity index (χ3n) is 3.35. The first-order chi connectivity index (χ1) is 9.13. The van der Waals surface area contributed by atoms with Crippen molar-refractivity contribution in [2.75, 3.05) is 19.4 Å². The normalized spacial score (nSPS) is 22.4. The molecule has 19 heavy (non-hydrogen) atoms. The van der Waals surface area contributed by atoms with Gasteiger partial charge in [0, 0.05) is 24.0 Å². The van der Waals surface area contributed by atoms with Gasteiger partial charge >= 0.3 is 5.97 Å². The monoisotopic (exact) mass is 280 g/mol. The maximum Gasteiger partial charge on any atom is 0.339 e. The molecule has 2 rings (SSSR count). The minimum atomic E-state index is -0.345. The van der Waals surface area contributed by atoms with E-state index in [4.69, 9.17) is 0 Å². The number of hydrogen-bond donors (Lipinski definition) is 1. The molecule has 0 aliphatic carbocycles. The maximum absolute atomic E-state index is 11.3. The molecule has 1 unspecified atom stereocenters. The van der Waals surface area contributed by atoms with Gasteiger partial charge in [0.05, 0.1) is 18.4 Å². The number of ether oxygens (including phenoxy) is 1. The van der Waals surface area contributed by atoms with E-state index in [2.05, 4.69) is 22.0 Å². The molecular weight excluding hydrogens is 260 g/mol. The van der Waals surface area contributed by atoms with Gasteiger partial charge in [-0.1, -0.05) is 0 Å². The molecular formula is C14H20N2O2S. The Bertz CT molecular complexity index is 428. The maximum atomic E-state index is 11.3. The minimum absolute atomic E-state index is 0.345. The van der Waals surface area contributed by atoms with Crippen LogP contribution in [-0.2, 0) is 11.3 Å². The van der Waals surface area contributed by atoms with Crippen LogP contribution in [0.25, 0.3) is 0 Å². The van der Waals surface area contributed by atoms with Gasteiger partial charge < -0.3 is 10.1 Å². The molecule has 1 aliphatic heterocycles. The molecule has 0 aromatic carbocycles. The molecule has 0 amide bonds. The van der Waals surface area contributed by atoms with Crippen LogP contribution in [0.2, 0.25) is 0 Å². The number of pyridine rings is 1. The summed E-state index contributed by atoms with van der Waals surface area (Å²) in [5.41, 5.74) is 1.43. The van der Waals surface area contributed by atoms with Crippen molar-refractivity contribution in [2.24, 2.45) is 0 Å². The molecule has 0 spiro atoms. The van der Waals surface area contributed by atoms with Crippen LogP contribution in [-0.4, -0.2) is 35.1 Å². The van der Waals surface area contributed by atoms with Crippen LogP contribution in [0.1, 0.15) is 35.8 Å². The summed E-state index contributed by atoms with van der Waals surface area (Å²) >= 11 is 2.05. The highest BCUT2D eigenvalue weighted by Crippen LogP contribution is 2.36. The lowest BCUT2D eigenvalue weighted by molar-refractivity contribution is 0.0600. The second-order valence-corrected chi connectivity index (χ2v) is 6.72. The van der Waals surface area contributed by atoms with Gasteiger partial charge in [-0.2, -0.15) is 11.8 Å². The van der Waals surface area contributed by atoms with Crippen LogP contribution in [0, 0.1) is 0 Å². The zero-order valence-corrected chi connectivity index (χ0v) is 12.3. The van der Waals surface area contributed by atoms with Crippen molar-refractivity contribution in [3.63, 3.8) is 0 Å². The van der Waals surface area contributed by atoms with Gasteiger partial charge in [-0.15, -0.1) is 0 Å². The summed E-state index contributed by atoms with van der Waals surface area (Å²) in [6.07, 6.45) is 4.16. The molecule has 2 heterocycles. The van der Waals surface area contributed by atoms with Gasteiger partial charge in [0.25, 0.3) is 0 Å². The van der Waals surface area contributed by atoms with E-state index in [1.807, 2.05) is 17.8 Å². The molecule has 4 nitrogen and oxygen atoms in total. The molecule has 104 valence electrons. The van der Waals surface area contributed by atoms with Gasteiger partial charge in [-0.25, -0.2) is 4.79 Å². The number of carbonyl (C=O) groups is 1. The van der Waals surface area contributed by atoms with Gasteiger partial charge in [0.1, 0.15) is 0 Å². The van der Waals surface area contributed by atoms with Gasteiger partial charge in [0.2, 0.25) is 0 Å². The first-order valence-electron chi connectivity index (χ1n) is 6.51. The van der Waals surface area contributed by atoms with Gasteiger partial charge in [-0.05, 0) is 37.7 Å². The van der Waals surface area contributed by atoms with Crippen LogP contribution in [0.4, 0.5) is 0 Å². The third-order valence-corrected chi connectivity index (χ3v) is 4.89. The van der Waals surface area contributed by atoms with E-state index >= 15 is 0 Å². The van der Waals surface area contributed by atoms with Crippen LogP contribution in [0.3, 0.4) is 0 Å². The molecule has 1 saturated heterocycles. The number of nitrogens with one attached hydrogen (secondary N) is 1. The Morgan fingerprint density at radius 2 is 2.42 bits per heavy atom. The fraction of sp³-hybridized carbons (Fsp3) is 0.571. The standard InChI is InChI=1S/C14H20N2O2S/c1-14(6-3-7-19-14)10-15-9-12-5-4-11(8-16-12)13(17)18-2/h4-5,8,15H,3,6-7,9-10H2,1-2H3. The Kier molecular flexibility index (Phi) is 4.82. The molecule has 0 bridgehead atoms. The van der Waals surface area contributed by atoms with E-state index in [0.29, 0.717) is 10.3 Å². The second kappa shape index (κ2) is 6.39. The number of aromatic nitrogens is 1. The molecule has 1 fully saturated rings. The summed E-state index contributed by atoms with van der Waals surface area (Å²) in [5.74, 6) is 0.923. The SMILES string of the molecule is COC(=O)c1ccc(CNCC2(C)CCCS2)nc1. The van der Waals surface area contributed by atoms with E-state index < -0.39 is 0 Å². The summed E-state index contributed by atoms with van der Waals surface area (Å²) in [6.45, 7) is 4.04.